The molecule has 0 atom stereocenters. The van der Waals surface area contributed by atoms with E-state index in [4.69, 9.17) is 0 Å². The number of carbonyl (C=O) groups is 1. The molecule has 2 aromatic rings. The summed E-state index contributed by atoms with van der Waals surface area (Å²) in [6, 6.07) is 16.6. The SMILES string of the molecule is CCNC(=NCc1ccc(C(=O)N(C)C)cc1)NCCCS(=O)(=O)Cc1ccccc1. The second kappa shape index (κ2) is 12.1. The van der Waals surface area contributed by atoms with Crippen LogP contribution in [0.15, 0.2) is 59.6 Å². The largest absolute Gasteiger partial charge is 0.357 e. The van der Waals surface area contributed by atoms with Crippen molar-refractivity contribution in [2.45, 2.75) is 25.6 Å². The molecule has 7 nitrogen and oxygen atoms in total. The van der Waals surface area contributed by atoms with E-state index >= 15 is 0 Å². The van der Waals surface area contributed by atoms with Gasteiger partial charge in [0.2, 0.25) is 0 Å². The molecular weight excluding hydrogens is 412 g/mol. The molecule has 8 heteroatoms. The highest BCUT2D eigenvalue weighted by Crippen LogP contribution is 2.08. The zero-order valence-electron chi connectivity index (χ0n) is 18.5. The molecule has 0 aliphatic heterocycles. The molecule has 0 heterocycles. The minimum Gasteiger partial charge on any atom is -0.357 e. The molecule has 31 heavy (non-hydrogen) atoms. The first-order chi connectivity index (χ1) is 14.8. The molecule has 0 saturated heterocycles. The molecule has 0 unspecified atom stereocenters. The van der Waals surface area contributed by atoms with E-state index < -0.39 is 9.84 Å². The van der Waals surface area contributed by atoms with Crippen LogP contribution in [0.25, 0.3) is 0 Å². The minimum absolute atomic E-state index is 0.0349. The molecular formula is C23H32N4O3S. The highest BCUT2D eigenvalue weighted by Gasteiger charge is 2.12. The Balaban J connectivity index is 1.84. The maximum Gasteiger partial charge on any atom is 0.253 e. The number of rotatable bonds is 10. The van der Waals surface area contributed by atoms with E-state index in [9.17, 15) is 13.2 Å². The van der Waals surface area contributed by atoms with Crippen molar-refractivity contribution in [3.63, 3.8) is 0 Å². The van der Waals surface area contributed by atoms with Gasteiger partial charge in [0.1, 0.15) is 0 Å². The van der Waals surface area contributed by atoms with Crippen molar-refractivity contribution in [2.75, 3.05) is 32.9 Å². The van der Waals surface area contributed by atoms with E-state index in [2.05, 4.69) is 15.6 Å². The van der Waals surface area contributed by atoms with Gasteiger partial charge in [-0.15, -0.1) is 0 Å². The average Bonchev–Trinajstić information content (AvgIpc) is 2.75. The summed E-state index contributed by atoms with van der Waals surface area (Å²) < 4.78 is 24.6. The molecule has 0 saturated carbocycles. The van der Waals surface area contributed by atoms with Crippen LogP contribution in [-0.4, -0.2) is 58.1 Å². The molecule has 1 amide bonds. The summed E-state index contributed by atoms with van der Waals surface area (Å²) in [5.74, 6) is 0.785. The summed E-state index contributed by atoms with van der Waals surface area (Å²) in [5, 5.41) is 6.35. The Morgan fingerprint density at radius 3 is 2.26 bits per heavy atom. The topological polar surface area (TPSA) is 90.9 Å². The molecule has 0 aliphatic rings. The van der Waals surface area contributed by atoms with Gasteiger partial charge in [-0.2, -0.15) is 0 Å². The van der Waals surface area contributed by atoms with Crippen molar-refractivity contribution in [1.82, 2.24) is 15.5 Å². The lowest BCUT2D eigenvalue weighted by Gasteiger charge is -2.12. The fourth-order valence-electron chi connectivity index (χ4n) is 2.92. The van der Waals surface area contributed by atoms with Crippen molar-refractivity contribution < 1.29 is 13.2 Å². The van der Waals surface area contributed by atoms with Crippen LogP contribution in [-0.2, 0) is 22.1 Å². The maximum absolute atomic E-state index is 12.3. The molecule has 0 fully saturated rings. The zero-order chi connectivity index (χ0) is 22.7. The summed E-state index contributed by atoms with van der Waals surface area (Å²) in [4.78, 5) is 18.0. The highest BCUT2D eigenvalue weighted by atomic mass is 32.2. The summed E-state index contributed by atoms with van der Waals surface area (Å²) in [6.07, 6.45) is 0.501. The van der Waals surface area contributed by atoms with Crippen molar-refractivity contribution >= 4 is 21.7 Å². The molecule has 0 aliphatic carbocycles. The van der Waals surface area contributed by atoms with E-state index in [1.54, 1.807) is 31.1 Å². The van der Waals surface area contributed by atoms with Crippen molar-refractivity contribution in [1.29, 1.82) is 0 Å². The third-order valence-electron chi connectivity index (χ3n) is 4.53. The van der Waals surface area contributed by atoms with Gasteiger partial charge in [-0.3, -0.25) is 4.79 Å². The van der Waals surface area contributed by atoms with Gasteiger partial charge in [-0.25, -0.2) is 13.4 Å². The van der Waals surface area contributed by atoms with Gasteiger partial charge in [0.25, 0.3) is 5.91 Å². The number of guanidine groups is 1. The number of amides is 1. The first-order valence-corrected chi connectivity index (χ1v) is 12.2. The third-order valence-corrected chi connectivity index (χ3v) is 6.21. The Labute approximate surface area is 185 Å². The van der Waals surface area contributed by atoms with Crippen LogP contribution >= 0.6 is 0 Å². The fourth-order valence-corrected chi connectivity index (χ4v) is 4.35. The van der Waals surface area contributed by atoms with Gasteiger partial charge in [0, 0.05) is 32.7 Å². The van der Waals surface area contributed by atoms with Gasteiger partial charge in [-0.1, -0.05) is 42.5 Å². The molecule has 0 aromatic heterocycles. The van der Waals surface area contributed by atoms with Crippen LogP contribution < -0.4 is 10.6 Å². The van der Waals surface area contributed by atoms with Crippen LogP contribution in [0.1, 0.15) is 34.8 Å². The van der Waals surface area contributed by atoms with Gasteiger partial charge in [0.15, 0.2) is 15.8 Å². The summed E-state index contributed by atoms with van der Waals surface area (Å²) in [6.45, 7) is 3.64. The van der Waals surface area contributed by atoms with Crippen molar-refractivity contribution in [3.8, 4) is 0 Å². The molecule has 2 rings (SSSR count). The number of sulfone groups is 1. The summed E-state index contributed by atoms with van der Waals surface area (Å²) in [7, 11) is 0.299. The number of aliphatic imine (C=N–C) groups is 1. The normalized spacial score (nSPS) is 11.8. The monoisotopic (exact) mass is 444 g/mol. The Morgan fingerprint density at radius 1 is 0.968 bits per heavy atom. The maximum atomic E-state index is 12.3. The van der Waals surface area contributed by atoms with E-state index in [1.807, 2.05) is 49.4 Å². The third kappa shape index (κ3) is 8.80. The zero-order valence-corrected chi connectivity index (χ0v) is 19.3. The Bertz CT molecular complexity index is 956. The molecule has 2 aromatic carbocycles. The number of nitrogens with zero attached hydrogens (tertiary/aromatic N) is 2. The predicted molar refractivity (Wildman–Crippen MR) is 126 cm³/mol. The first kappa shape index (κ1) is 24.4. The van der Waals surface area contributed by atoms with Crippen LogP contribution in [0.4, 0.5) is 0 Å². The standard InChI is InChI=1S/C23H32N4O3S/c1-4-24-23(26-17-19-11-13-21(14-12-19)22(28)27(2)3)25-15-8-16-31(29,30)18-20-9-6-5-7-10-20/h5-7,9-14H,4,8,15-18H2,1-3H3,(H2,24,25,26). The minimum atomic E-state index is -3.15. The second-order valence-electron chi connectivity index (χ2n) is 7.45. The van der Waals surface area contributed by atoms with Gasteiger partial charge < -0.3 is 15.5 Å². The van der Waals surface area contributed by atoms with E-state index in [-0.39, 0.29) is 17.4 Å². The van der Waals surface area contributed by atoms with E-state index in [0.717, 1.165) is 11.1 Å². The first-order valence-electron chi connectivity index (χ1n) is 10.4. The Morgan fingerprint density at radius 2 is 1.65 bits per heavy atom. The molecule has 2 N–H and O–H groups in total. The van der Waals surface area contributed by atoms with Gasteiger partial charge in [0.05, 0.1) is 18.1 Å². The van der Waals surface area contributed by atoms with E-state index in [1.165, 1.54) is 0 Å². The van der Waals surface area contributed by atoms with Gasteiger partial charge in [-0.05, 0) is 36.6 Å². The Hall–Kier alpha value is -2.87. The summed E-state index contributed by atoms with van der Waals surface area (Å²) >= 11 is 0. The highest BCUT2D eigenvalue weighted by molar-refractivity contribution is 7.90. The Kier molecular flexibility index (Phi) is 9.52. The van der Waals surface area contributed by atoms with Crippen LogP contribution in [0, 0.1) is 0 Å². The van der Waals surface area contributed by atoms with Crippen LogP contribution in [0.3, 0.4) is 0 Å². The van der Waals surface area contributed by atoms with Crippen molar-refractivity contribution in [2.24, 2.45) is 4.99 Å². The average molecular weight is 445 g/mol. The summed E-state index contributed by atoms with van der Waals surface area (Å²) in [5.41, 5.74) is 2.43. The molecule has 0 radical (unpaired) electrons. The smallest absolute Gasteiger partial charge is 0.253 e. The number of nitrogens with one attached hydrogen (secondary N) is 2. The van der Waals surface area contributed by atoms with Crippen LogP contribution in [0.2, 0.25) is 0 Å². The molecule has 168 valence electrons. The molecule has 0 bridgehead atoms. The van der Waals surface area contributed by atoms with Crippen LogP contribution in [0.5, 0.6) is 0 Å². The second-order valence-corrected chi connectivity index (χ2v) is 9.63. The number of hydrogen-bond acceptors (Lipinski definition) is 4. The molecule has 0 spiro atoms. The van der Waals surface area contributed by atoms with Crippen molar-refractivity contribution in [3.05, 3.63) is 71.3 Å². The lowest BCUT2D eigenvalue weighted by Crippen LogP contribution is -2.38. The van der Waals surface area contributed by atoms with E-state index in [0.29, 0.717) is 37.6 Å². The number of carbonyl (C=O) groups excluding carboxylic acids is 1. The quantitative estimate of drug-likeness (QED) is 0.334. The lowest BCUT2D eigenvalue weighted by molar-refractivity contribution is 0.0827. The fraction of sp³-hybridized carbons (Fsp3) is 0.391. The van der Waals surface area contributed by atoms with Gasteiger partial charge >= 0.3 is 0 Å². The lowest BCUT2D eigenvalue weighted by atomic mass is 10.1. The number of benzene rings is 2. The predicted octanol–water partition coefficient (Wildman–Crippen LogP) is 2.45. The number of hydrogen-bond donors (Lipinski definition) is 2.